The predicted molar refractivity (Wildman–Crippen MR) is 69.6 cm³/mol. The number of hydrogen-bond donors (Lipinski definition) is 1. The van der Waals surface area contributed by atoms with E-state index in [1.165, 1.54) is 0 Å². The van der Waals surface area contributed by atoms with Gasteiger partial charge in [-0.3, -0.25) is 4.68 Å². The van der Waals surface area contributed by atoms with Gasteiger partial charge < -0.3 is 9.84 Å². The molecule has 2 rings (SSSR count). The highest BCUT2D eigenvalue weighted by molar-refractivity contribution is 5.31. The lowest BCUT2D eigenvalue weighted by molar-refractivity contribution is 0.208. The van der Waals surface area contributed by atoms with Crippen LogP contribution < -0.4 is 4.74 Å². The first-order valence-electron chi connectivity index (χ1n) is 6.18. The molecule has 1 heterocycles. The van der Waals surface area contributed by atoms with E-state index >= 15 is 0 Å². The van der Waals surface area contributed by atoms with Crippen LogP contribution in [0.25, 0.3) is 0 Å². The zero-order valence-electron chi connectivity index (χ0n) is 10.7. The Kier molecular flexibility index (Phi) is 3.99. The van der Waals surface area contributed by atoms with Crippen LogP contribution in [0.2, 0.25) is 0 Å². The van der Waals surface area contributed by atoms with Gasteiger partial charge in [0.2, 0.25) is 0 Å². The van der Waals surface area contributed by atoms with Gasteiger partial charge in [0.1, 0.15) is 11.9 Å². The Bertz CT molecular complexity index is 491. The van der Waals surface area contributed by atoms with E-state index in [1.807, 2.05) is 44.2 Å². The second kappa shape index (κ2) is 5.69. The summed E-state index contributed by atoms with van der Waals surface area (Å²) in [5, 5.41) is 14.5. The average Bonchev–Trinajstić information content (AvgIpc) is 2.87. The number of nitrogens with zero attached hydrogens (tertiary/aromatic N) is 2. The summed E-state index contributed by atoms with van der Waals surface area (Å²) in [7, 11) is 0. The van der Waals surface area contributed by atoms with Crippen LogP contribution in [-0.4, -0.2) is 21.5 Å². The predicted octanol–water partition coefficient (Wildman–Crippen LogP) is 2.38. The zero-order chi connectivity index (χ0) is 13.0. The quantitative estimate of drug-likeness (QED) is 0.881. The Morgan fingerprint density at radius 3 is 2.56 bits per heavy atom. The molecule has 0 saturated carbocycles. The number of aryl methyl sites for hydroxylation is 1. The molecule has 1 aromatic heterocycles. The lowest BCUT2D eigenvalue weighted by atomic mass is 10.1. The minimum Gasteiger partial charge on any atom is -0.494 e. The van der Waals surface area contributed by atoms with Crippen molar-refractivity contribution in [2.24, 2.45) is 0 Å². The molecule has 96 valence electrons. The molecule has 0 saturated heterocycles. The van der Waals surface area contributed by atoms with Gasteiger partial charge in [0.15, 0.2) is 0 Å². The van der Waals surface area contributed by atoms with Crippen LogP contribution in [0, 0.1) is 0 Å². The normalized spacial score (nSPS) is 12.4. The molecular weight excluding hydrogens is 228 g/mol. The fourth-order valence-corrected chi connectivity index (χ4v) is 1.92. The minimum atomic E-state index is -0.650. The number of aromatic nitrogens is 2. The number of ether oxygens (including phenoxy) is 1. The van der Waals surface area contributed by atoms with E-state index in [-0.39, 0.29) is 0 Å². The first kappa shape index (κ1) is 12.6. The van der Waals surface area contributed by atoms with Crippen molar-refractivity contribution < 1.29 is 9.84 Å². The van der Waals surface area contributed by atoms with E-state index < -0.39 is 6.10 Å². The van der Waals surface area contributed by atoms with Crippen LogP contribution in [0.3, 0.4) is 0 Å². The molecule has 4 heteroatoms. The molecule has 18 heavy (non-hydrogen) atoms. The van der Waals surface area contributed by atoms with Gasteiger partial charge in [-0.25, -0.2) is 0 Å². The summed E-state index contributed by atoms with van der Waals surface area (Å²) in [6, 6.07) is 9.33. The molecule has 0 bridgehead atoms. The fraction of sp³-hybridized carbons (Fsp3) is 0.357. The SMILES string of the molecule is CCOc1ccc(C(O)c2ccnn2CC)cc1. The van der Waals surface area contributed by atoms with Crippen LogP contribution in [0.1, 0.15) is 31.2 Å². The smallest absolute Gasteiger partial charge is 0.121 e. The Labute approximate surface area is 107 Å². The number of hydrogen-bond acceptors (Lipinski definition) is 3. The maximum atomic E-state index is 10.3. The maximum absolute atomic E-state index is 10.3. The number of benzene rings is 1. The summed E-state index contributed by atoms with van der Waals surface area (Å²) in [5.74, 6) is 0.817. The lowest BCUT2D eigenvalue weighted by Gasteiger charge is -2.13. The second-order valence-electron chi connectivity index (χ2n) is 3.98. The second-order valence-corrected chi connectivity index (χ2v) is 3.98. The van der Waals surface area contributed by atoms with Crippen LogP contribution in [0.4, 0.5) is 0 Å². The third kappa shape index (κ3) is 2.54. The third-order valence-corrected chi connectivity index (χ3v) is 2.84. The Morgan fingerprint density at radius 2 is 1.94 bits per heavy atom. The summed E-state index contributed by atoms with van der Waals surface area (Å²) >= 11 is 0. The third-order valence-electron chi connectivity index (χ3n) is 2.84. The Balaban J connectivity index is 2.20. The van der Waals surface area contributed by atoms with Crippen LogP contribution >= 0.6 is 0 Å². The van der Waals surface area contributed by atoms with E-state index in [0.717, 1.165) is 23.6 Å². The van der Waals surface area contributed by atoms with Crippen LogP contribution in [-0.2, 0) is 6.54 Å². The number of rotatable bonds is 5. The van der Waals surface area contributed by atoms with Gasteiger partial charge in [-0.1, -0.05) is 12.1 Å². The topological polar surface area (TPSA) is 47.3 Å². The van der Waals surface area contributed by atoms with Crippen molar-refractivity contribution in [1.82, 2.24) is 9.78 Å². The molecule has 0 aliphatic rings. The molecule has 0 fully saturated rings. The highest BCUT2D eigenvalue weighted by Crippen LogP contribution is 2.23. The first-order valence-corrected chi connectivity index (χ1v) is 6.18. The summed E-state index contributed by atoms with van der Waals surface area (Å²) in [5.41, 5.74) is 1.65. The van der Waals surface area contributed by atoms with Crippen molar-refractivity contribution in [3.63, 3.8) is 0 Å². The molecule has 0 aliphatic heterocycles. The standard InChI is InChI=1S/C14H18N2O2/c1-3-16-13(9-10-15-16)14(17)11-5-7-12(8-6-11)18-4-2/h5-10,14,17H,3-4H2,1-2H3. The summed E-state index contributed by atoms with van der Waals surface area (Å²) in [6.45, 7) is 5.34. The molecule has 0 radical (unpaired) electrons. The van der Waals surface area contributed by atoms with Gasteiger partial charge in [-0.15, -0.1) is 0 Å². The molecule has 0 spiro atoms. The molecule has 0 amide bonds. The van der Waals surface area contributed by atoms with Gasteiger partial charge in [0.05, 0.1) is 12.3 Å². The van der Waals surface area contributed by atoms with Gasteiger partial charge in [-0.05, 0) is 37.6 Å². The van der Waals surface area contributed by atoms with E-state index in [9.17, 15) is 5.11 Å². The van der Waals surface area contributed by atoms with Gasteiger partial charge in [0, 0.05) is 12.7 Å². The van der Waals surface area contributed by atoms with Crippen molar-refractivity contribution >= 4 is 0 Å². The van der Waals surface area contributed by atoms with Crippen molar-refractivity contribution in [1.29, 1.82) is 0 Å². The zero-order valence-corrected chi connectivity index (χ0v) is 10.7. The summed E-state index contributed by atoms with van der Waals surface area (Å²) in [6.07, 6.45) is 1.06. The molecule has 1 N–H and O–H groups in total. The molecule has 1 aromatic carbocycles. The van der Waals surface area contributed by atoms with Gasteiger partial charge in [-0.2, -0.15) is 5.10 Å². The fourth-order valence-electron chi connectivity index (χ4n) is 1.92. The average molecular weight is 246 g/mol. The van der Waals surface area contributed by atoms with E-state index in [2.05, 4.69) is 5.10 Å². The van der Waals surface area contributed by atoms with E-state index in [0.29, 0.717) is 6.61 Å². The highest BCUT2D eigenvalue weighted by atomic mass is 16.5. The summed E-state index contributed by atoms with van der Waals surface area (Å²) in [4.78, 5) is 0. The Hall–Kier alpha value is -1.81. The number of aliphatic hydroxyl groups excluding tert-OH is 1. The van der Waals surface area contributed by atoms with E-state index in [1.54, 1.807) is 10.9 Å². The Morgan fingerprint density at radius 1 is 1.22 bits per heavy atom. The largest absolute Gasteiger partial charge is 0.494 e. The van der Waals surface area contributed by atoms with Crippen molar-refractivity contribution in [3.05, 3.63) is 47.8 Å². The molecule has 1 unspecified atom stereocenters. The van der Waals surface area contributed by atoms with Gasteiger partial charge >= 0.3 is 0 Å². The highest BCUT2D eigenvalue weighted by Gasteiger charge is 2.14. The van der Waals surface area contributed by atoms with Gasteiger partial charge in [0.25, 0.3) is 0 Å². The summed E-state index contributed by atoms with van der Waals surface area (Å²) < 4.78 is 7.17. The minimum absolute atomic E-state index is 0.643. The van der Waals surface area contributed by atoms with Crippen LogP contribution in [0.5, 0.6) is 5.75 Å². The number of aliphatic hydroxyl groups is 1. The monoisotopic (exact) mass is 246 g/mol. The first-order chi connectivity index (χ1) is 8.76. The molecule has 0 aliphatic carbocycles. The van der Waals surface area contributed by atoms with E-state index in [4.69, 9.17) is 4.74 Å². The molecule has 2 aromatic rings. The maximum Gasteiger partial charge on any atom is 0.121 e. The molecule has 1 atom stereocenters. The molecule has 4 nitrogen and oxygen atoms in total. The van der Waals surface area contributed by atoms with Crippen molar-refractivity contribution in [3.8, 4) is 5.75 Å². The van der Waals surface area contributed by atoms with Crippen LogP contribution in [0.15, 0.2) is 36.5 Å². The van der Waals surface area contributed by atoms with Crippen molar-refractivity contribution in [2.75, 3.05) is 6.61 Å². The molecular formula is C14H18N2O2. The van der Waals surface area contributed by atoms with Crippen molar-refractivity contribution in [2.45, 2.75) is 26.5 Å². The lowest BCUT2D eigenvalue weighted by Crippen LogP contribution is -2.09.